The number of thioether (sulfide) groups is 1. The second-order valence-electron chi connectivity index (χ2n) is 5.74. The number of carbonyl (C=O) groups excluding carboxylic acids is 1. The van der Waals surface area contributed by atoms with Crippen LogP contribution >= 0.6 is 23.1 Å². The lowest BCUT2D eigenvalue weighted by molar-refractivity contribution is -0.118. The average molecular weight is 378 g/mol. The number of hydrazone groups is 1. The van der Waals surface area contributed by atoms with Crippen LogP contribution in [0.5, 0.6) is 0 Å². The molecule has 0 radical (unpaired) electrons. The first-order valence-corrected chi connectivity index (χ1v) is 10.1. The lowest BCUT2D eigenvalue weighted by Crippen LogP contribution is -2.28. The molecule has 0 atom stereocenters. The van der Waals surface area contributed by atoms with Crippen molar-refractivity contribution in [2.24, 2.45) is 5.10 Å². The summed E-state index contributed by atoms with van der Waals surface area (Å²) in [7, 11) is 0. The van der Waals surface area contributed by atoms with E-state index in [1.165, 1.54) is 30.3 Å². The van der Waals surface area contributed by atoms with Gasteiger partial charge in [-0.05, 0) is 43.5 Å². The third-order valence-electron chi connectivity index (χ3n) is 3.86. The minimum Gasteiger partial charge on any atom is -0.363 e. The van der Waals surface area contributed by atoms with Crippen molar-refractivity contribution >= 4 is 40.2 Å². The van der Waals surface area contributed by atoms with Crippen LogP contribution in [0.2, 0.25) is 0 Å². The van der Waals surface area contributed by atoms with E-state index in [4.69, 9.17) is 0 Å². The largest absolute Gasteiger partial charge is 0.363 e. The Morgan fingerprint density at radius 2 is 2.04 bits per heavy atom. The fraction of sp³-hybridized carbons (Fsp3) is 0.333. The van der Waals surface area contributed by atoms with E-state index in [9.17, 15) is 9.18 Å². The van der Waals surface area contributed by atoms with Crippen LogP contribution < -0.4 is 10.3 Å². The Balaban J connectivity index is 1.45. The van der Waals surface area contributed by atoms with Crippen molar-refractivity contribution in [2.45, 2.75) is 24.2 Å². The maximum absolute atomic E-state index is 13.5. The van der Waals surface area contributed by atoms with E-state index in [1.54, 1.807) is 35.8 Å². The highest BCUT2D eigenvalue weighted by Crippen LogP contribution is 2.27. The average Bonchev–Trinajstić information content (AvgIpc) is 3.11. The molecule has 1 aromatic carbocycles. The Kier molecular flexibility index (Phi) is 6.47. The highest BCUT2D eigenvalue weighted by molar-refractivity contribution is 8.00. The molecule has 3 rings (SSSR count). The van der Waals surface area contributed by atoms with Gasteiger partial charge in [0.1, 0.15) is 5.82 Å². The van der Waals surface area contributed by atoms with Crippen LogP contribution in [0.1, 0.15) is 24.1 Å². The zero-order valence-corrected chi connectivity index (χ0v) is 15.4. The monoisotopic (exact) mass is 377 g/mol. The molecule has 1 aliphatic heterocycles. The summed E-state index contributed by atoms with van der Waals surface area (Å²) in [5.74, 6) is -0.438. The van der Waals surface area contributed by atoms with Crippen molar-refractivity contribution in [3.63, 3.8) is 0 Å². The molecule has 0 saturated carbocycles. The van der Waals surface area contributed by atoms with Crippen LogP contribution in [0.3, 0.4) is 0 Å². The van der Waals surface area contributed by atoms with E-state index < -0.39 is 0 Å². The molecule has 4 nitrogen and oxygen atoms in total. The highest BCUT2D eigenvalue weighted by atomic mass is 32.2. The highest BCUT2D eigenvalue weighted by Gasteiger charge is 2.12. The van der Waals surface area contributed by atoms with Gasteiger partial charge in [0, 0.05) is 22.9 Å². The summed E-state index contributed by atoms with van der Waals surface area (Å²) in [6.45, 7) is 2.22. The Morgan fingerprint density at radius 3 is 2.84 bits per heavy atom. The zero-order valence-electron chi connectivity index (χ0n) is 13.8. The summed E-state index contributed by atoms with van der Waals surface area (Å²) in [5.41, 5.74) is 2.49. The van der Waals surface area contributed by atoms with Crippen molar-refractivity contribution in [2.75, 3.05) is 23.7 Å². The Morgan fingerprint density at radius 1 is 1.24 bits per heavy atom. The summed E-state index contributed by atoms with van der Waals surface area (Å²) in [6.07, 6.45) is 5.46. The molecule has 7 heteroatoms. The first-order chi connectivity index (χ1) is 12.2. The number of amides is 1. The Labute approximate surface area is 155 Å². The zero-order chi connectivity index (χ0) is 17.5. The Bertz CT molecular complexity index is 741. The molecular weight excluding hydrogens is 357 g/mol. The van der Waals surface area contributed by atoms with E-state index >= 15 is 0 Å². The second-order valence-corrected chi connectivity index (χ2v) is 7.85. The lowest BCUT2D eigenvalue weighted by atomic mass is 10.1. The molecule has 1 fully saturated rings. The number of nitrogens with zero attached hydrogens (tertiary/aromatic N) is 2. The molecule has 1 saturated heterocycles. The van der Waals surface area contributed by atoms with E-state index in [2.05, 4.69) is 21.5 Å². The molecule has 1 amide bonds. The van der Waals surface area contributed by atoms with Gasteiger partial charge in [-0.3, -0.25) is 4.79 Å². The number of thiophene rings is 1. The van der Waals surface area contributed by atoms with Gasteiger partial charge in [0.05, 0.1) is 17.0 Å². The predicted octanol–water partition coefficient (Wildman–Crippen LogP) is 4.12. The molecule has 0 unspecified atom stereocenters. The molecule has 25 heavy (non-hydrogen) atoms. The molecule has 132 valence electrons. The van der Waals surface area contributed by atoms with E-state index in [0.717, 1.165) is 29.7 Å². The molecule has 1 aromatic heterocycles. The van der Waals surface area contributed by atoms with Crippen LogP contribution in [0.15, 0.2) is 46.4 Å². The van der Waals surface area contributed by atoms with Gasteiger partial charge in [0.15, 0.2) is 0 Å². The minimum absolute atomic E-state index is 0.127. The van der Waals surface area contributed by atoms with Crippen molar-refractivity contribution in [1.82, 2.24) is 5.43 Å². The van der Waals surface area contributed by atoms with Gasteiger partial charge in [0.25, 0.3) is 0 Å². The third-order valence-corrected chi connectivity index (χ3v) is 5.99. The first kappa shape index (κ1) is 17.9. The maximum atomic E-state index is 13.5. The quantitative estimate of drug-likeness (QED) is 0.468. The number of hydrogen-bond acceptors (Lipinski definition) is 5. The number of halogens is 1. The third kappa shape index (κ3) is 5.31. The van der Waals surface area contributed by atoms with Gasteiger partial charge in [-0.25, -0.2) is 9.82 Å². The summed E-state index contributed by atoms with van der Waals surface area (Å²) in [4.78, 5) is 15.7. The van der Waals surface area contributed by atoms with Gasteiger partial charge >= 0.3 is 0 Å². The normalized spacial score (nSPS) is 14.8. The van der Waals surface area contributed by atoms with E-state index in [1.807, 2.05) is 6.07 Å². The number of carbonyl (C=O) groups is 1. The fourth-order valence-corrected chi connectivity index (χ4v) is 4.26. The Hall–Kier alpha value is -1.86. The molecule has 1 N–H and O–H groups in total. The standard InChI is InChI=1S/C18H20FN3OS2/c19-15-6-2-3-7-16(15)24-13-17(23)21-20-12-14-8-9-18(25-14)22-10-4-1-5-11-22/h2-3,6-9,12H,1,4-5,10-11,13H2,(H,21,23)/b20-12+. The molecule has 0 spiro atoms. The summed E-state index contributed by atoms with van der Waals surface area (Å²) < 4.78 is 13.5. The smallest absolute Gasteiger partial charge is 0.250 e. The maximum Gasteiger partial charge on any atom is 0.250 e. The lowest BCUT2D eigenvalue weighted by Gasteiger charge is -2.27. The van der Waals surface area contributed by atoms with Gasteiger partial charge < -0.3 is 4.90 Å². The minimum atomic E-state index is -0.312. The van der Waals surface area contributed by atoms with Crippen LogP contribution in [-0.4, -0.2) is 31.0 Å². The SMILES string of the molecule is O=C(CSc1ccccc1F)N/N=C/c1ccc(N2CCCCC2)s1. The molecular formula is C18H20FN3OS2. The number of anilines is 1. The van der Waals surface area contributed by atoms with Crippen LogP contribution in [0.4, 0.5) is 9.39 Å². The summed E-state index contributed by atoms with van der Waals surface area (Å²) in [6, 6.07) is 10.5. The van der Waals surface area contributed by atoms with Gasteiger partial charge in [-0.2, -0.15) is 5.10 Å². The van der Waals surface area contributed by atoms with E-state index in [-0.39, 0.29) is 17.5 Å². The molecule has 2 heterocycles. The number of hydrogen-bond donors (Lipinski definition) is 1. The number of benzene rings is 1. The van der Waals surface area contributed by atoms with Crippen LogP contribution in [0.25, 0.3) is 0 Å². The summed E-state index contributed by atoms with van der Waals surface area (Å²) in [5, 5.41) is 5.25. The molecule has 0 aliphatic carbocycles. The molecule has 0 bridgehead atoms. The van der Waals surface area contributed by atoms with Crippen molar-refractivity contribution in [3.05, 3.63) is 47.1 Å². The van der Waals surface area contributed by atoms with Gasteiger partial charge in [-0.1, -0.05) is 12.1 Å². The van der Waals surface area contributed by atoms with Crippen LogP contribution in [0, 0.1) is 5.82 Å². The summed E-state index contributed by atoms with van der Waals surface area (Å²) >= 11 is 2.83. The van der Waals surface area contributed by atoms with Gasteiger partial charge in [0.2, 0.25) is 5.91 Å². The predicted molar refractivity (Wildman–Crippen MR) is 103 cm³/mol. The fourth-order valence-electron chi connectivity index (χ4n) is 2.60. The topological polar surface area (TPSA) is 44.7 Å². The van der Waals surface area contributed by atoms with Crippen LogP contribution in [-0.2, 0) is 4.79 Å². The number of rotatable bonds is 6. The number of piperidine rings is 1. The van der Waals surface area contributed by atoms with Gasteiger partial charge in [-0.15, -0.1) is 23.1 Å². The van der Waals surface area contributed by atoms with E-state index in [0.29, 0.717) is 4.90 Å². The first-order valence-electron chi connectivity index (χ1n) is 8.26. The van der Waals surface area contributed by atoms with Crippen molar-refractivity contribution in [3.8, 4) is 0 Å². The van der Waals surface area contributed by atoms with Crippen molar-refractivity contribution in [1.29, 1.82) is 0 Å². The molecule has 1 aliphatic rings. The van der Waals surface area contributed by atoms with Crippen molar-refractivity contribution < 1.29 is 9.18 Å². The second kappa shape index (κ2) is 9.01. The molecule has 2 aromatic rings. The number of nitrogens with one attached hydrogen (secondary N) is 1.